The van der Waals surface area contributed by atoms with Gasteiger partial charge in [-0.05, 0) is 76.3 Å². The third-order valence-corrected chi connectivity index (χ3v) is 10.0. The second kappa shape index (κ2) is 14.8. The molecule has 2 aromatic heterocycles. The van der Waals surface area contributed by atoms with Crippen LogP contribution in [0.4, 0.5) is 4.39 Å². The van der Waals surface area contributed by atoms with E-state index in [1.54, 1.807) is 18.5 Å². The SMILES string of the molecule is CCOC(=O)C(C)Cc1cccc(C2(C)CCCOC(C)(C)/C(N)=C/N(N)Cc3c(c(F)cc4[nH]ccc34)Oc3cccc(c3)-c3nc2cn3C)c1. The van der Waals surface area contributed by atoms with Crippen LogP contribution in [0.25, 0.3) is 22.3 Å². The molecule has 5 N–H and O–H groups in total. The number of aryl methyl sites for hydroxylation is 1. The maximum absolute atomic E-state index is 15.8. The van der Waals surface area contributed by atoms with Gasteiger partial charge in [-0.25, -0.2) is 15.2 Å². The second-order valence-electron chi connectivity index (χ2n) is 14.4. The van der Waals surface area contributed by atoms with Crippen LogP contribution in [0.5, 0.6) is 11.5 Å². The van der Waals surface area contributed by atoms with Crippen molar-refractivity contribution in [2.75, 3.05) is 13.2 Å². The summed E-state index contributed by atoms with van der Waals surface area (Å²) >= 11 is 0. The van der Waals surface area contributed by atoms with Crippen LogP contribution in [0.1, 0.15) is 69.8 Å². The van der Waals surface area contributed by atoms with Crippen molar-refractivity contribution in [1.82, 2.24) is 19.5 Å². The van der Waals surface area contributed by atoms with Gasteiger partial charge in [0.05, 0.1) is 30.5 Å². The topological polar surface area (TPSA) is 134 Å². The number of aromatic amines is 1. The van der Waals surface area contributed by atoms with Gasteiger partial charge in [-0.15, -0.1) is 0 Å². The summed E-state index contributed by atoms with van der Waals surface area (Å²) in [5.74, 6) is 6.77. The third kappa shape index (κ3) is 7.56. The molecule has 2 unspecified atom stereocenters. The summed E-state index contributed by atoms with van der Waals surface area (Å²) in [6.07, 6.45) is 7.43. The molecule has 5 aromatic rings. The number of nitrogens with one attached hydrogen (secondary N) is 1. The summed E-state index contributed by atoms with van der Waals surface area (Å²) in [4.78, 5) is 20.8. The Kier molecular flexibility index (Phi) is 10.5. The maximum atomic E-state index is 15.8. The Morgan fingerprint density at radius 1 is 1.13 bits per heavy atom. The maximum Gasteiger partial charge on any atom is 0.308 e. The van der Waals surface area contributed by atoms with Crippen LogP contribution in [0.15, 0.2) is 85.0 Å². The number of nitrogens with zero attached hydrogens (tertiary/aromatic N) is 3. The van der Waals surface area contributed by atoms with Crippen molar-refractivity contribution in [2.45, 2.75) is 71.4 Å². The first-order valence-corrected chi connectivity index (χ1v) is 17.8. The molecule has 0 aliphatic carbocycles. The van der Waals surface area contributed by atoms with Crippen molar-refractivity contribution in [1.29, 1.82) is 0 Å². The number of hydrogen-bond acceptors (Lipinski definition) is 8. The summed E-state index contributed by atoms with van der Waals surface area (Å²) in [7, 11) is 1.97. The number of esters is 1. The van der Waals surface area contributed by atoms with Crippen molar-refractivity contribution in [3.8, 4) is 22.9 Å². The van der Waals surface area contributed by atoms with Crippen molar-refractivity contribution >= 4 is 16.9 Å². The molecular formula is C41H49FN6O4. The fourth-order valence-electron chi connectivity index (χ4n) is 6.89. The van der Waals surface area contributed by atoms with Gasteiger partial charge in [-0.2, -0.15) is 0 Å². The van der Waals surface area contributed by atoms with E-state index >= 15 is 4.39 Å². The summed E-state index contributed by atoms with van der Waals surface area (Å²) < 4.78 is 35.8. The van der Waals surface area contributed by atoms with Gasteiger partial charge in [0.25, 0.3) is 0 Å². The molecule has 0 saturated heterocycles. The molecule has 274 valence electrons. The average Bonchev–Trinajstić information content (AvgIpc) is 3.74. The molecule has 0 radical (unpaired) electrons. The van der Waals surface area contributed by atoms with Gasteiger partial charge in [0.15, 0.2) is 11.6 Å². The number of halogens is 1. The summed E-state index contributed by atoms with van der Waals surface area (Å²) in [5, 5.41) is 2.21. The lowest BCUT2D eigenvalue weighted by Crippen LogP contribution is -2.36. The van der Waals surface area contributed by atoms with Gasteiger partial charge in [-0.3, -0.25) is 4.79 Å². The highest BCUT2D eigenvalue weighted by Crippen LogP contribution is 2.40. The number of hydrazine groups is 1. The van der Waals surface area contributed by atoms with Crippen LogP contribution in [-0.2, 0) is 39.7 Å². The molecule has 1 aliphatic rings. The quantitative estimate of drug-likeness (QED) is 0.126. The molecule has 10 nitrogen and oxygen atoms in total. The van der Waals surface area contributed by atoms with E-state index in [9.17, 15) is 4.79 Å². The first-order chi connectivity index (χ1) is 24.8. The van der Waals surface area contributed by atoms with Gasteiger partial charge in [0, 0.05) is 65.8 Å². The minimum absolute atomic E-state index is 0.0744. The molecule has 0 spiro atoms. The van der Waals surface area contributed by atoms with E-state index in [4.69, 9.17) is 30.8 Å². The summed E-state index contributed by atoms with van der Waals surface area (Å²) in [6.45, 7) is 10.6. The van der Waals surface area contributed by atoms with Gasteiger partial charge in [-0.1, -0.05) is 43.3 Å². The fourth-order valence-corrected chi connectivity index (χ4v) is 6.89. The smallest absolute Gasteiger partial charge is 0.308 e. The first-order valence-electron chi connectivity index (χ1n) is 17.8. The predicted octanol–water partition coefficient (Wildman–Crippen LogP) is 7.61. The number of H-pyrrole nitrogens is 1. The monoisotopic (exact) mass is 708 g/mol. The van der Waals surface area contributed by atoms with Crippen LogP contribution in [0.2, 0.25) is 0 Å². The standard InChI is InChI=1S/C41H49FN6O4/c1-7-50-39(49)26(2)19-27-11-8-13-29(20-27)41(5)16-10-18-51-40(3,4)35(43)24-48(44)23-32-31-15-17-45-34(31)22-33(42)37(32)52-30-14-9-12-28(21-30)38-46-36(41)25-47(38)6/h8-9,11-15,17,20-22,24-26,45H,7,10,16,18-19,23,43-44H2,1-6H3/b35-24-. The molecule has 52 heavy (non-hydrogen) atoms. The molecule has 1 aliphatic heterocycles. The number of nitrogens with two attached hydrogens (primary N) is 2. The van der Waals surface area contributed by atoms with Gasteiger partial charge >= 0.3 is 5.97 Å². The van der Waals surface area contributed by atoms with E-state index in [-0.39, 0.29) is 24.2 Å². The molecule has 0 amide bonds. The third-order valence-electron chi connectivity index (χ3n) is 10.0. The van der Waals surface area contributed by atoms with Crippen molar-refractivity contribution in [3.05, 3.63) is 113 Å². The number of imidazole rings is 1. The van der Waals surface area contributed by atoms with Crippen molar-refractivity contribution in [3.63, 3.8) is 0 Å². The highest BCUT2D eigenvalue weighted by atomic mass is 19.1. The molecule has 3 aromatic carbocycles. The molecule has 11 heteroatoms. The van der Waals surface area contributed by atoms with Crippen LogP contribution in [0.3, 0.4) is 0 Å². The summed E-state index contributed by atoms with van der Waals surface area (Å²) in [5.41, 5.74) is 10.7. The minimum atomic E-state index is -0.845. The van der Waals surface area contributed by atoms with E-state index in [1.165, 1.54) is 11.1 Å². The van der Waals surface area contributed by atoms with Crippen LogP contribution < -0.4 is 16.3 Å². The predicted molar refractivity (Wildman–Crippen MR) is 201 cm³/mol. The molecule has 3 heterocycles. The Bertz CT molecular complexity index is 2100. The van der Waals surface area contributed by atoms with E-state index in [0.29, 0.717) is 55.0 Å². The van der Waals surface area contributed by atoms with E-state index in [2.05, 4.69) is 30.2 Å². The Balaban J connectivity index is 1.44. The minimum Gasteiger partial charge on any atom is -0.466 e. The number of rotatable bonds is 5. The van der Waals surface area contributed by atoms with Crippen LogP contribution >= 0.6 is 0 Å². The number of ether oxygens (including phenoxy) is 3. The molecule has 0 saturated carbocycles. The Morgan fingerprint density at radius 3 is 2.71 bits per heavy atom. The Labute approximate surface area is 304 Å². The number of hydrogen-bond donors (Lipinski definition) is 3. The summed E-state index contributed by atoms with van der Waals surface area (Å²) in [6, 6.07) is 19.2. The van der Waals surface area contributed by atoms with Crippen molar-refractivity contribution in [2.24, 2.45) is 24.5 Å². The number of aromatic nitrogens is 3. The fraction of sp³-hybridized carbons (Fsp3) is 0.366. The van der Waals surface area contributed by atoms with Crippen molar-refractivity contribution < 1.29 is 23.4 Å². The molecule has 0 fully saturated rings. The largest absolute Gasteiger partial charge is 0.466 e. The molecule has 2 atom stereocenters. The zero-order valence-electron chi connectivity index (χ0n) is 30.8. The lowest BCUT2D eigenvalue weighted by molar-refractivity contribution is -0.147. The zero-order valence-corrected chi connectivity index (χ0v) is 30.8. The Morgan fingerprint density at radius 2 is 1.92 bits per heavy atom. The van der Waals surface area contributed by atoms with E-state index in [0.717, 1.165) is 33.6 Å². The number of benzene rings is 3. The van der Waals surface area contributed by atoms with Gasteiger partial charge in [0.2, 0.25) is 0 Å². The molecule has 4 bridgehead atoms. The number of carbonyl (C=O) groups excluding carboxylic acids is 1. The first kappa shape index (κ1) is 36.7. The van der Waals surface area contributed by atoms with Gasteiger partial charge < -0.3 is 34.5 Å². The van der Waals surface area contributed by atoms with E-state index < -0.39 is 16.8 Å². The lowest BCUT2D eigenvalue weighted by atomic mass is 9.75. The highest BCUT2D eigenvalue weighted by Gasteiger charge is 2.33. The zero-order chi connectivity index (χ0) is 37.2. The average molecular weight is 709 g/mol. The Hall–Kier alpha value is -5.13. The van der Waals surface area contributed by atoms with Gasteiger partial charge in [0.1, 0.15) is 17.2 Å². The molecular weight excluding hydrogens is 659 g/mol. The lowest BCUT2D eigenvalue weighted by Gasteiger charge is -2.31. The number of fused-ring (bicyclic) bond motifs is 8. The normalized spacial score (nSPS) is 19.7. The van der Waals surface area contributed by atoms with E-state index in [1.807, 2.05) is 75.7 Å². The van der Waals surface area contributed by atoms with Crippen LogP contribution in [-0.4, -0.2) is 44.3 Å². The highest BCUT2D eigenvalue weighted by molar-refractivity contribution is 5.85. The number of carbonyl (C=O) groups is 1. The second-order valence-corrected chi connectivity index (χ2v) is 14.4. The molecule has 6 rings (SSSR count). The van der Waals surface area contributed by atoms with Crippen LogP contribution in [0, 0.1) is 11.7 Å².